The molecule has 2 fully saturated rings. The maximum atomic E-state index is 11.1. The molecule has 0 aromatic carbocycles. The van der Waals surface area contributed by atoms with Gasteiger partial charge in [0.1, 0.15) is 48.8 Å². The number of unbranched alkanes of at least 4 members (excludes halogenated alkanes) is 5. The Balaban J connectivity index is 1.89. The van der Waals surface area contributed by atoms with Gasteiger partial charge in [-0.3, -0.25) is 4.79 Å². The molecule has 0 aromatic heterocycles. The topological polar surface area (TPSA) is 194 Å². The SMILES string of the molecule is COC(=O)CCCCCCCCO[C@H]1O[C@H](CO)[C@@H](O)[C@H](O)[C@H]1O[C@@H]1O[C@H](CO)[C@@H](OC)[C@H](O)[C@H]1O. The van der Waals surface area contributed by atoms with E-state index in [1.807, 2.05) is 0 Å². The van der Waals surface area contributed by atoms with Crippen LogP contribution in [0.5, 0.6) is 0 Å². The second kappa shape index (κ2) is 16.1. The molecule has 13 heteroatoms. The number of aliphatic hydroxyl groups excluding tert-OH is 6. The average Bonchev–Trinajstić information content (AvgIpc) is 2.88. The summed E-state index contributed by atoms with van der Waals surface area (Å²) in [5.41, 5.74) is 0. The van der Waals surface area contributed by atoms with E-state index in [9.17, 15) is 35.4 Å². The first-order valence-corrected chi connectivity index (χ1v) is 12.4. The van der Waals surface area contributed by atoms with Gasteiger partial charge < -0.3 is 59.1 Å². The number of ether oxygens (including phenoxy) is 6. The van der Waals surface area contributed by atoms with Gasteiger partial charge >= 0.3 is 5.97 Å². The van der Waals surface area contributed by atoms with Crippen molar-refractivity contribution < 1.29 is 63.9 Å². The van der Waals surface area contributed by atoms with Gasteiger partial charge in [-0.2, -0.15) is 0 Å². The smallest absolute Gasteiger partial charge is 0.305 e. The lowest BCUT2D eigenvalue weighted by Gasteiger charge is -2.46. The van der Waals surface area contributed by atoms with Crippen molar-refractivity contribution in [3.8, 4) is 0 Å². The zero-order chi connectivity index (χ0) is 26.7. The van der Waals surface area contributed by atoms with Crippen LogP contribution in [0.25, 0.3) is 0 Å². The highest BCUT2D eigenvalue weighted by atomic mass is 16.8. The van der Waals surface area contributed by atoms with E-state index in [1.165, 1.54) is 14.2 Å². The van der Waals surface area contributed by atoms with Gasteiger partial charge in [0.25, 0.3) is 0 Å². The molecule has 0 saturated carbocycles. The van der Waals surface area contributed by atoms with E-state index in [0.717, 1.165) is 32.1 Å². The van der Waals surface area contributed by atoms with Crippen molar-refractivity contribution in [3.05, 3.63) is 0 Å². The third-order valence-electron chi connectivity index (χ3n) is 6.49. The summed E-state index contributed by atoms with van der Waals surface area (Å²) in [6, 6.07) is 0. The standard InChI is InChI=1S/C23H42O13/c1-31-15(26)9-7-5-3-4-6-8-10-33-23-21(17(28)16(27)13(11-24)34-23)36-22-19(30)18(29)20(32-2)14(12-25)35-22/h13-14,16-25,27-30H,3-12H2,1-2H3/t13-,14-,16-,17+,18-,19-,20-,21-,22+,23+/m1/s1. The summed E-state index contributed by atoms with van der Waals surface area (Å²) in [6.45, 7) is -0.862. The van der Waals surface area contributed by atoms with Gasteiger partial charge in [0.05, 0.1) is 20.3 Å². The number of hydrogen-bond acceptors (Lipinski definition) is 13. The van der Waals surface area contributed by atoms with E-state index in [-0.39, 0.29) is 12.6 Å². The lowest BCUT2D eigenvalue weighted by atomic mass is 9.97. The Morgan fingerprint density at radius 3 is 1.92 bits per heavy atom. The molecule has 36 heavy (non-hydrogen) atoms. The van der Waals surface area contributed by atoms with Crippen molar-refractivity contribution in [3.63, 3.8) is 0 Å². The van der Waals surface area contributed by atoms with Crippen LogP contribution in [0, 0.1) is 0 Å². The predicted molar refractivity (Wildman–Crippen MR) is 121 cm³/mol. The Labute approximate surface area is 210 Å². The zero-order valence-corrected chi connectivity index (χ0v) is 20.9. The first-order chi connectivity index (χ1) is 17.3. The second-order valence-electron chi connectivity index (χ2n) is 9.03. The van der Waals surface area contributed by atoms with E-state index in [1.54, 1.807) is 0 Å². The van der Waals surface area contributed by atoms with Crippen molar-refractivity contribution in [2.75, 3.05) is 34.0 Å². The van der Waals surface area contributed by atoms with Gasteiger partial charge in [-0.25, -0.2) is 0 Å². The van der Waals surface area contributed by atoms with Crippen molar-refractivity contribution in [1.29, 1.82) is 0 Å². The van der Waals surface area contributed by atoms with E-state index < -0.39 is 74.6 Å². The van der Waals surface area contributed by atoms with Gasteiger partial charge in [0.15, 0.2) is 12.6 Å². The summed E-state index contributed by atoms with van der Waals surface area (Å²) in [5, 5.41) is 60.8. The van der Waals surface area contributed by atoms with Gasteiger partial charge in [0, 0.05) is 20.1 Å². The zero-order valence-electron chi connectivity index (χ0n) is 20.9. The number of esters is 1. The summed E-state index contributed by atoms with van der Waals surface area (Å²) < 4.78 is 32.3. The quantitative estimate of drug-likeness (QED) is 0.103. The van der Waals surface area contributed by atoms with Crippen LogP contribution in [0.3, 0.4) is 0 Å². The van der Waals surface area contributed by atoms with E-state index in [2.05, 4.69) is 4.74 Å². The number of rotatable bonds is 15. The molecule has 6 N–H and O–H groups in total. The Kier molecular flexibility index (Phi) is 14.0. The summed E-state index contributed by atoms with van der Waals surface area (Å²) in [7, 11) is 2.66. The summed E-state index contributed by atoms with van der Waals surface area (Å²) >= 11 is 0. The minimum atomic E-state index is -1.59. The monoisotopic (exact) mass is 526 g/mol. The molecule has 0 amide bonds. The molecule has 2 saturated heterocycles. The molecule has 0 aliphatic carbocycles. The van der Waals surface area contributed by atoms with Gasteiger partial charge in [-0.05, 0) is 12.8 Å². The molecule has 0 radical (unpaired) electrons. The number of carbonyl (C=O) groups excluding carboxylic acids is 1. The van der Waals surface area contributed by atoms with Gasteiger partial charge in [-0.1, -0.05) is 25.7 Å². The Hall–Kier alpha value is -0.970. The van der Waals surface area contributed by atoms with Crippen LogP contribution in [0.2, 0.25) is 0 Å². The van der Waals surface area contributed by atoms with Crippen LogP contribution >= 0.6 is 0 Å². The normalized spacial score (nSPS) is 37.1. The predicted octanol–water partition coefficient (Wildman–Crippen LogP) is -1.82. The molecule has 10 atom stereocenters. The maximum absolute atomic E-state index is 11.1. The highest BCUT2D eigenvalue weighted by Crippen LogP contribution is 2.30. The van der Waals surface area contributed by atoms with Crippen molar-refractivity contribution >= 4 is 5.97 Å². The van der Waals surface area contributed by atoms with Crippen LogP contribution in [0.1, 0.15) is 44.9 Å². The minimum Gasteiger partial charge on any atom is -0.469 e. The van der Waals surface area contributed by atoms with E-state index in [4.69, 9.17) is 23.7 Å². The fraction of sp³-hybridized carbons (Fsp3) is 0.957. The highest BCUT2D eigenvalue weighted by molar-refractivity contribution is 5.68. The van der Waals surface area contributed by atoms with Crippen LogP contribution in [0.15, 0.2) is 0 Å². The van der Waals surface area contributed by atoms with Crippen molar-refractivity contribution in [1.82, 2.24) is 0 Å². The van der Waals surface area contributed by atoms with Crippen LogP contribution < -0.4 is 0 Å². The molecule has 2 heterocycles. The minimum absolute atomic E-state index is 0.216. The van der Waals surface area contributed by atoms with E-state index >= 15 is 0 Å². The highest BCUT2D eigenvalue weighted by Gasteiger charge is 2.51. The first kappa shape index (κ1) is 31.2. The van der Waals surface area contributed by atoms with Crippen molar-refractivity contribution in [2.24, 2.45) is 0 Å². The lowest BCUT2D eigenvalue weighted by molar-refractivity contribution is -0.368. The molecular formula is C23H42O13. The van der Waals surface area contributed by atoms with E-state index in [0.29, 0.717) is 12.8 Å². The molecule has 2 aliphatic rings. The lowest BCUT2D eigenvalue weighted by Crippen LogP contribution is -2.64. The number of methoxy groups -OCH3 is 2. The van der Waals surface area contributed by atoms with Crippen molar-refractivity contribution in [2.45, 2.75) is 106 Å². The molecule has 13 nitrogen and oxygen atoms in total. The summed E-state index contributed by atoms with van der Waals surface area (Å²) in [6.07, 6.45) is -7.78. The largest absolute Gasteiger partial charge is 0.469 e. The number of aliphatic hydroxyl groups is 6. The summed E-state index contributed by atoms with van der Waals surface area (Å²) in [5.74, 6) is -0.216. The fourth-order valence-electron chi connectivity index (χ4n) is 4.33. The number of hydrogen-bond donors (Lipinski definition) is 6. The molecular weight excluding hydrogens is 484 g/mol. The van der Waals surface area contributed by atoms with Gasteiger partial charge in [-0.15, -0.1) is 0 Å². The molecule has 0 bridgehead atoms. The molecule has 2 aliphatic heterocycles. The Morgan fingerprint density at radius 1 is 0.722 bits per heavy atom. The van der Waals surface area contributed by atoms with Crippen LogP contribution in [-0.4, -0.2) is 132 Å². The Bertz CT molecular complexity index is 621. The molecule has 0 unspecified atom stereocenters. The molecule has 212 valence electrons. The molecule has 0 aromatic rings. The number of carbonyl (C=O) groups is 1. The maximum Gasteiger partial charge on any atom is 0.305 e. The third-order valence-corrected chi connectivity index (χ3v) is 6.49. The second-order valence-corrected chi connectivity index (χ2v) is 9.03. The summed E-state index contributed by atoms with van der Waals surface area (Å²) in [4.78, 5) is 11.1. The Morgan fingerprint density at radius 2 is 1.31 bits per heavy atom. The first-order valence-electron chi connectivity index (χ1n) is 12.4. The third kappa shape index (κ3) is 8.53. The molecule has 0 spiro atoms. The van der Waals surface area contributed by atoms with Gasteiger partial charge in [0.2, 0.25) is 0 Å². The van der Waals surface area contributed by atoms with Crippen LogP contribution in [-0.2, 0) is 33.2 Å². The molecule has 2 rings (SSSR count). The van der Waals surface area contributed by atoms with Crippen LogP contribution in [0.4, 0.5) is 0 Å². The average molecular weight is 527 g/mol. The fourth-order valence-corrected chi connectivity index (χ4v) is 4.33.